The molecule has 0 heterocycles. The first kappa shape index (κ1) is 13.4. The normalized spacial score (nSPS) is 10.1. The van der Waals surface area contributed by atoms with Gasteiger partial charge in [-0.2, -0.15) is 0 Å². The smallest absolute Gasteiger partial charge is 0.323 e. The van der Waals surface area contributed by atoms with Crippen molar-refractivity contribution in [1.29, 1.82) is 0 Å². The predicted octanol–water partition coefficient (Wildman–Crippen LogP) is 0.0303. The van der Waals surface area contributed by atoms with Gasteiger partial charge in [0.05, 0.1) is 0 Å². The van der Waals surface area contributed by atoms with Crippen molar-refractivity contribution >= 4 is 17.8 Å². The second-order valence-electron chi connectivity index (χ2n) is 3.64. The van der Waals surface area contributed by atoms with Crippen LogP contribution in [-0.4, -0.2) is 46.0 Å². The van der Waals surface area contributed by atoms with Gasteiger partial charge in [0.15, 0.2) is 0 Å². The molecule has 0 aromatic carbocycles. The molecule has 86 valence electrons. The molecule has 0 saturated carbocycles. The number of rotatable bonds is 6. The highest BCUT2D eigenvalue weighted by molar-refractivity contribution is 5.85. The van der Waals surface area contributed by atoms with Gasteiger partial charge in [0.1, 0.15) is 13.1 Å². The fourth-order valence-electron chi connectivity index (χ4n) is 1.04. The van der Waals surface area contributed by atoms with E-state index in [9.17, 15) is 14.4 Å². The minimum absolute atomic E-state index is 0.0718. The van der Waals surface area contributed by atoms with Crippen LogP contribution in [0.2, 0.25) is 0 Å². The molecule has 0 atom stereocenters. The summed E-state index contributed by atoms with van der Waals surface area (Å²) < 4.78 is 0. The largest absolute Gasteiger partial charge is 0.480 e. The molecule has 0 fully saturated rings. The van der Waals surface area contributed by atoms with E-state index in [0.717, 1.165) is 4.90 Å². The van der Waals surface area contributed by atoms with Crippen molar-refractivity contribution in [1.82, 2.24) is 4.90 Å². The van der Waals surface area contributed by atoms with Crippen LogP contribution >= 0.6 is 0 Å². The summed E-state index contributed by atoms with van der Waals surface area (Å²) in [6.07, 6.45) is 0.153. The zero-order valence-electron chi connectivity index (χ0n) is 8.77. The van der Waals surface area contributed by atoms with E-state index >= 15 is 0 Å². The van der Waals surface area contributed by atoms with Gasteiger partial charge in [0, 0.05) is 6.42 Å². The van der Waals surface area contributed by atoms with E-state index in [2.05, 4.69) is 0 Å². The Hall–Kier alpha value is -1.59. The summed E-state index contributed by atoms with van der Waals surface area (Å²) in [7, 11) is 0. The molecule has 0 aliphatic rings. The van der Waals surface area contributed by atoms with E-state index in [-0.39, 0.29) is 12.3 Å². The Balaban J connectivity index is 4.40. The van der Waals surface area contributed by atoms with Crippen molar-refractivity contribution in [3.63, 3.8) is 0 Å². The number of carbonyl (C=O) groups is 3. The van der Waals surface area contributed by atoms with Crippen LogP contribution in [0.25, 0.3) is 0 Å². The molecule has 0 aromatic heterocycles. The van der Waals surface area contributed by atoms with Crippen LogP contribution in [0.4, 0.5) is 0 Å². The third-order valence-electron chi connectivity index (χ3n) is 1.59. The molecule has 6 heteroatoms. The highest BCUT2D eigenvalue weighted by Crippen LogP contribution is 2.03. The van der Waals surface area contributed by atoms with Crippen LogP contribution in [0.5, 0.6) is 0 Å². The van der Waals surface area contributed by atoms with Gasteiger partial charge in [0.25, 0.3) is 0 Å². The molecule has 0 bridgehead atoms. The molecule has 0 aliphatic carbocycles. The number of nitrogens with zero attached hydrogens (tertiary/aromatic N) is 1. The van der Waals surface area contributed by atoms with Gasteiger partial charge >= 0.3 is 11.9 Å². The van der Waals surface area contributed by atoms with Gasteiger partial charge in [-0.05, 0) is 5.92 Å². The average molecular weight is 217 g/mol. The second-order valence-corrected chi connectivity index (χ2v) is 3.64. The first-order chi connectivity index (χ1) is 6.82. The zero-order chi connectivity index (χ0) is 12.0. The third kappa shape index (κ3) is 6.48. The van der Waals surface area contributed by atoms with Crippen molar-refractivity contribution in [2.24, 2.45) is 5.92 Å². The standard InChI is InChI=1S/C9H15NO5/c1-6(2)3-7(11)10(4-8(12)13)5-9(14)15/h6H,3-5H2,1-2H3,(H,12,13)(H,14,15). The lowest BCUT2D eigenvalue weighted by molar-refractivity contribution is -0.149. The minimum atomic E-state index is -1.21. The van der Waals surface area contributed by atoms with E-state index in [1.807, 2.05) is 0 Å². The zero-order valence-corrected chi connectivity index (χ0v) is 8.77. The number of hydrogen-bond donors (Lipinski definition) is 2. The number of carbonyl (C=O) groups excluding carboxylic acids is 1. The maximum Gasteiger partial charge on any atom is 0.323 e. The van der Waals surface area contributed by atoms with Gasteiger partial charge in [-0.3, -0.25) is 14.4 Å². The summed E-state index contributed by atoms with van der Waals surface area (Å²) in [5, 5.41) is 17.0. The van der Waals surface area contributed by atoms with Crippen LogP contribution in [0.1, 0.15) is 20.3 Å². The number of amides is 1. The van der Waals surface area contributed by atoms with Crippen LogP contribution in [0.3, 0.4) is 0 Å². The van der Waals surface area contributed by atoms with Crippen molar-refractivity contribution in [2.75, 3.05) is 13.1 Å². The monoisotopic (exact) mass is 217 g/mol. The third-order valence-corrected chi connectivity index (χ3v) is 1.59. The lowest BCUT2D eigenvalue weighted by Gasteiger charge is -2.19. The van der Waals surface area contributed by atoms with E-state index in [1.165, 1.54) is 0 Å². The SMILES string of the molecule is CC(C)CC(=O)N(CC(=O)O)CC(=O)O. The molecule has 6 nitrogen and oxygen atoms in total. The number of aliphatic carboxylic acids is 2. The highest BCUT2D eigenvalue weighted by atomic mass is 16.4. The summed E-state index contributed by atoms with van der Waals surface area (Å²) >= 11 is 0. The maximum atomic E-state index is 11.4. The Labute approximate surface area is 87.5 Å². The first-order valence-corrected chi connectivity index (χ1v) is 4.54. The van der Waals surface area contributed by atoms with Crippen molar-refractivity contribution in [3.05, 3.63) is 0 Å². The summed E-state index contributed by atoms with van der Waals surface area (Å²) in [5.74, 6) is -2.81. The van der Waals surface area contributed by atoms with Gasteiger partial charge in [0.2, 0.25) is 5.91 Å². The fraction of sp³-hybridized carbons (Fsp3) is 0.667. The Morgan fingerprint density at radius 2 is 1.47 bits per heavy atom. The summed E-state index contributed by atoms with van der Waals surface area (Å²) in [6.45, 7) is 2.46. The van der Waals surface area contributed by atoms with Crippen LogP contribution in [0, 0.1) is 5.92 Å². The number of carboxylic acid groups (broad SMARTS) is 2. The topological polar surface area (TPSA) is 94.9 Å². The van der Waals surface area contributed by atoms with Gasteiger partial charge in [-0.25, -0.2) is 0 Å². The van der Waals surface area contributed by atoms with Crippen molar-refractivity contribution < 1.29 is 24.6 Å². The molecule has 0 aliphatic heterocycles. The lowest BCUT2D eigenvalue weighted by Crippen LogP contribution is -2.39. The molecule has 0 saturated heterocycles. The van der Waals surface area contributed by atoms with Gasteiger partial charge in [-0.1, -0.05) is 13.8 Å². The number of carboxylic acids is 2. The summed E-state index contributed by atoms with van der Waals surface area (Å²) in [6, 6.07) is 0. The Bertz CT molecular complexity index is 245. The van der Waals surface area contributed by atoms with Gasteiger partial charge < -0.3 is 15.1 Å². The highest BCUT2D eigenvalue weighted by Gasteiger charge is 2.19. The molecule has 0 radical (unpaired) electrons. The second kappa shape index (κ2) is 6.00. The summed E-state index contributed by atoms with van der Waals surface area (Å²) in [4.78, 5) is 33.0. The van der Waals surface area contributed by atoms with Crippen LogP contribution in [-0.2, 0) is 14.4 Å². The molecule has 0 spiro atoms. The Morgan fingerprint density at radius 1 is 1.07 bits per heavy atom. The number of hydrogen-bond acceptors (Lipinski definition) is 3. The molecular formula is C9H15NO5. The van der Waals surface area contributed by atoms with Crippen molar-refractivity contribution in [3.8, 4) is 0 Å². The Morgan fingerprint density at radius 3 is 1.73 bits per heavy atom. The molecule has 0 rings (SSSR count). The molecule has 1 amide bonds. The predicted molar refractivity (Wildman–Crippen MR) is 51.3 cm³/mol. The fourth-order valence-corrected chi connectivity index (χ4v) is 1.04. The van der Waals surface area contributed by atoms with Crippen molar-refractivity contribution in [2.45, 2.75) is 20.3 Å². The molecule has 0 unspecified atom stereocenters. The van der Waals surface area contributed by atoms with Crippen LogP contribution < -0.4 is 0 Å². The minimum Gasteiger partial charge on any atom is -0.480 e. The quantitative estimate of drug-likeness (QED) is 0.654. The summed E-state index contributed by atoms with van der Waals surface area (Å²) in [5.41, 5.74) is 0. The Kier molecular flexibility index (Phi) is 5.36. The first-order valence-electron chi connectivity index (χ1n) is 4.54. The molecular weight excluding hydrogens is 202 g/mol. The van der Waals surface area contributed by atoms with E-state index < -0.39 is 30.9 Å². The lowest BCUT2D eigenvalue weighted by atomic mass is 10.1. The molecule has 2 N–H and O–H groups in total. The molecule has 15 heavy (non-hydrogen) atoms. The van der Waals surface area contributed by atoms with Crippen LogP contribution in [0.15, 0.2) is 0 Å². The average Bonchev–Trinajstić information content (AvgIpc) is 1.99. The molecule has 0 aromatic rings. The van der Waals surface area contributed by atoms with E-state index in [1.54, 1.807) is 13.8 Å². The maximum absolute atomic E-state index is 11.4. The van der Waals surface area contributed by atoms with E-state index in [0.29, 0.717) is 0 Å². The van der Waals surface area contributed by atoms with Gasteiger partial charge in [-0.15, -0.1) is 0 Å². The van der Waals surface area contributed by atoms with E-state index in [4.69, 9.17) is 10.2 Å².